The molecule has 0 aromatic heterocycles. The summed E-state index contributed by atoms with van der Waals surface area (Å²) < 4.78 is 0. The molecule has 0 aliphatic heterocycles. The lowest BCUT2D eigenvalue weighted by Crippen LogP contribution is -1.74. The predicted octanol–water partition coefficient (Wildman–Crippen LogP) is -0.327. The van der Waals surface area contributed by atoms with Crippen LogP contribution >= 0.6 is 0 Å². The van der Waals surface area contributed by atoms with Crippen LogP contribution in [0.5, 0.6) is 0 Å². The average Bonchev–Trinajstić information content (AvgIpc) is 1.65. The Morgan fingerprint density at radius 2 is 1.27 bits per heavy atom. The topological polar surface area (TPSA) is 199 Å². The summed E-state index contributed by atoms with van der Waals surface area (Å²) in [6.45, 7) is 0. The summed E-state index contributed by atoms with van der Waals surface area (Å²) in [6.07, 6.45) is 0. The van der Waals surface area contributed by atoms with E-state index in [9.17, 15) is 0 Å². The zero-order chi connectivity index (χ0) is 8.99. The van der Waals surface area contributed by atoms with Gasteiger partial charge in [0.05, 0.1) is 5.09 Å². The van der Waals surface area contributed by atoms with Crippen LogP contribution in [-0.4, -0.2) is 10.3 Å². The lowest BCUT2D eigenvalue weighted by atomic mass is 13.1. The molecule has 0 aromatic rings. The highest BCUT2D eigenvalue weighted by molar-refractivity contribution is 4.21. The normalized spacial score (nSPS) is 4.36. The molecule has 1 N–H and O–H groups in total. The molecule has 0 heterocycles. The van der Waals surface area contributed by atoms with Crippen LogP contribution in [0, 0.1) is 30.3 Å². The summed E-state index contributed by atoms with van der Waals surface area (Å²) in [5.41, 5.74) is 0. The summed E-state index contributed by atoms with van der Waals surface area (Å²) in [4.78, 5) is 24.4. The zero-order valence-electron chi connectivity index (χ0n) is 4.69. The van der Waals surface area contributed by atoms with Crippen molar-refractivity contribution in [2.45, 2.75) is 0 Å². The molecule has 11 heteroatoms. The highest BCUT2D eigenvalue weighted by Crippen LogP contribution is 1.44. The van der Waals surface area contributed by atoms with Crippen LogP contribution in [0.2, 0.25) is 0 Å². The van der Waals surface area contributed by atoms with Crippen molar-refractivity contribution in [2.24, 2.45) is 10.7 Å². The maximum Gasteiger partial charge on any atom is 2.00 e. The van der Waals surface area contributed by atoms with Gasteiger partial charge in [-0.3, -0.25) is 0 Å². The maximum atomic E-state index is 8.25. The van der Waals surface area contributed by atoms with Crippen LogP contribution in [-0.2, 0) is 0 Å². The molecule has 0 bridgehead atoms. The molecule has 0 amide bonds. The third-order valence-corrected chi connectivity index (χ3v) is 0. The van der Waals surface area contributed by atoms with E-state index in [4.69, 9.17) is 35.6 Å². The molecular weight excluding hydrogens is 168 g/mol. The van der Waals surface area contributed by atoms with Crippen molar-refractivity contribution in [3.8, 4) is 0 Å². The van der Waals surface area contributed by atoms with Crippen molar-refractivity contribution < 1.29 is 10.3 Å². The molecular formula is HN4O7. The van der Waals surface area contributed by atoms with Crippen LogP contribution in [0.1, 0.15) is 0 Å². The van der Waals surface area contributed by atoms with Gasteiger partial charge in [0.25, 0.3) is 0 Å². The minimum Gasteiger partial charge on any atom is -0.444 e. The van der Waals surface area contributed by atoms with Crippen LogP contribution in [0.4, 0.5) is 0 Å². The van der Waals surface area contributed by atoms with Gasteiger partial charge in [0.2, 0.25) is 0 Å². The first-order chi connectivity index (χ1) is 4.56. The van der Waals surface area contributed by atoms with Crippen LogP contribution in [0.3, 0.4) is 0 Å². The van der Waals surface area contributed by atoms with Gasteiger partial charge in [-0.25, -0.2) is 0 Å². The highest BCUT2D eigenvalue weighted by atomic mass is 16.9. The summed E-state index contributed by atoms with van der Waals surface area (Å²) in [6, 6.07) is 0. The first kappa shape index (κ1) is 23.2. The van der Waals surface area contributed by atoms with Gasteiger partial charge in [-0.05, 0) is 0 Å². The number of nitrogens with zero attached hydrogens (tertiary/aromatic N) is 4. The largest absolute Gasteiger partial charge is 2.00 e. The molecule has 0 spiro atoms. The van der Waals surface area contributed by atoms with Crippen molar-refractivity contribution >= 4 is 0 Å². The van der Waals surface area contributed by atoms with Crippen molar-refractivity contribution in [1.29, 1.82) is 0 Å². The molecule has 0 atom stereocenters. The lowest BCUT2D eigenvalue weighted by Gasteiger charge is -1.74. The number of hydrogen-bond acceptors (Lipinski definition) is 8. The fourth-order valence-corrected chi connectivity index (χ4v) is 0. The molecule has 63 valence electrons. The van der Waals surface area contributed by atoms with Crippen molar-refractivity contribution in [1.82, 2.24) is 6.15 Å². The Hall–Kier alpha value is -2.20. The standard InChI is InChI=1S/NO3.2HNO2.N/c2-1(3)4;2*2-1-3;/h;2*(H,2,3);/q-1;;;+2/p-1. The van der Waals surface area contributed by atoms with Crippen LogP contribution in [0.25, 0.3) is 0 Å². The molecule has 0 rings (SSSR count). The van der Waals surface area contributed by atoms with E-state index in [1.165, 1.54) is 5.34 Å². The smallest absolute Gasteiger partial charge is 0.444 e. The Morgan fingerprint density at radius 1 is 1.27 bits per heavy atom. The second-order valence-electron chi connectivity index (χ2n) is 0.380. The highest BCUT2D eigenvalue weighted by Gasteiger charge is 2.00. The van der Waals surface area contributed by atoms with Gasteiger partial charge >= 0.3 is 6.15 Å². The molecule has 3 radical (unpaired) electrons. The molecule has 11 nitrogen and oxygen atoms in total. The van der Waals surface area contributed by atoms with Crippen molar-refractivity contribution in [3.05, 3.63) is 30.3 Å². The number of hydrogen-bond donors (Lipinski definition) is 1. The van der Waals surface area contributed by atoms with Crippen LogP contribution in [0.15, 0.2) is 10.7 Å². The quantitative estimate of drug-likeness (QED) is 0.290. The van der Waals surface area contributed by atoms with Gasteiger partial charge in [0.1, 0.15) is 0 Å². The van der Waals surface area contributed by atoms with Crippen molar-refractivity contribution in [3.63, 3.8) is 0 Å². The lowest BCUT2D eigenvalue weighted by molar-refractivity contribution is -0.402. The van der Waals surface area contributed by atoms with Gasteiger partial charge in [0.15, 0.2) is 5.34 Å². The second kappa shape index (κ2) is 46.0. The summed E-state index contributed by atoms with van der Waals surface area (Å²) in [5, 5.41) is 31.6. The van der Waals surface area contributed by atoms with Gasteiger partial charge in [-0.2, -0.15) is 0 Å². The zero-order valence-corrected chi connectivity index (χ0v) is 4.69. The average molecular weight is 169 g/mol. The van der Waals surface area contributed by atoms with E-state index < -0.39 is 5.09 Å². The van der Waals surface area contributed by atoms with Crippen LogP contribution < -0.4 is 6.15 Å². The summed E-state index contributed by atoms with van der Waals surface area (Å²) in [5.74, 6) is 0. The molecule has 0 unspecified atom stereocenters. The van der Waals surface area contributed by atoms with E-state index >= 15 is 0 Å². The molecule has 0 saturated heterocycles. The Morgan fingerprint density at radius 3 is 1.27 bits per heavy atom. The fourth-order valence-electron chi connectivity index (χ4n) is 0. The third kappa shape index (κ3) is 54.2. The molecule has 0 aliphatic rings. The first-order valence-corrected chi connectivity index (χ1v) is 1.30. The Bertz CT molecular complexity index is 78.4. The summed E-state index contributed by atoms with van der Waals surface area (Å²) >= 11 is 0. The van der Waals surface area contributed by atoms with E-state index in [0.717, 1.165) is 5.34 Å². The van der Waals surface area contributed by atoms with Gasteiger partial charge < -0.3 is 30.6 Å². The molecule has 0 aromatic carbocycles. The second-order valence-corrected chi connectivity index (χ2v) is 0.380. The van der Waals surface area contributed by atoms with Gasteiger partial charge in [0, 0.05) is 0 Å². The van der Waals surface area contributed by atoms with E-state index in [-0.39, 0.29) is 6.15 Å². The van der Waals surface area contributed by atoms with E-state index in [2.05, 4.69) is 0 Å². The monoisotopic (exact) mass is 169 g/mol. The molecule has 0 saturated carbocycles. The molecule has 11 heavy (non-hydrogen) atoms. The fraction of sp³-hybridized carbons (Fsp3) is 0. The Kier molecular flexibility index (Phi) is 97.2. The third-order valence-electron chi connectivity index (χ3n) is 0. The minimum absolute atomic E-state index is 0. The van der Waals surface area contributed by atoms with E-state index in [0.29, 0.717) is 0 Å². The Labute approximate surface area is 58.8 Å². The molecule has 0 fully saturated rings. The van der Waals surface area contributed by atoms with Gasteiger partial charge in [-0.15, -0.1) is 10.2 Å². The van der Waals surface area contributed by atoms with E-state index in [1.807, 2.05) is 0 Å². The maximum absolute atomic E-state index is 8.25. The SMILES string of the molecule is O=NO.O=N[O-].O=[N+]([O-])[O-].[N+2]. The summed E-state index contributed by atoms with van der Waals surface area (Å²) in [7, 11) is 0. The minimum atomic E-state index is -1.75. The Balaban J connectivity index is -0.0000000325. The molecule has 0 aliphatic carbocycles. The first-order valence-electron chi connectivity index (χ1n) is 1.30. The predicted molar refractivity (Wildman–Crippen MR) is 29.2 cm³/mol. The van der Waals surface area contributed by atoms with Gasteiger partial charge in [-0.1, -0.05) is 0 Å². The van der Waals surface area contributed by atoms with Crippen molar-refractivity contribution in [2.75, 3.05) is 0 Å². The van der Waals surface area contributed by atoms with E-state index in [1.54, 1.807) is 0 Å². The number of rotatable bonds is 0.